The molecule has 0 saturated heterocycles. The first-order valence-electron chi connectivity index (χ1n) is 6.32. The minimum absolute atomic E-state index is 0.393. The lowest BCUT2D eigenvalue weighted by Gasteiger charge is -2.58. The molecule has 1 fully saturated rings. The van der Waals surface area contributed by atoms with Gasteiger partial charge in [-0.1, -0.05) is 17.7 Å². The summed E-state index contributed by atoms with van der Waals surface area (Å²) in [5.74, 6) is 1.22. The second kappa shape index (κ2) is 2.71. The highest BCUT2D eigenvalue weighted by atomic mass is 16.3. The average Bonchev–Trinajstić information content (AvgIpc) is 2.27. The number of rotatable bonds is 0. The van der Waals surface area contributed by atoms with Crippen molar-refractivity contribution in [2.75, 3.05) is 0 Å². The molecule has 4 aliphatic rings. The molecule has 0 aliphatic heterocycles. The largest absolute Gasteiger partial charge is 0.508 e. The number of phenolic OH excluding ortho intramolecular Hbond substituents is 1. The van der Waals surface area contributed by atoms with E-state index in [9.17, 15) is 5.11 Å². The fraction of sp³-hybridized carbons (Fsp3) is 0.467. The van der Waals surface area contributed by atoms with Crippen LogP contribution in [0.2, 0.25) is 0 Å². The molecular weight excluding hydrogens is 196 g/mol. The van der Waals surface area contributed by atoms with Crippen LogP contribution < -0.4 is 0 Å². The van der Waals surface area contributed by atoms with E-state index in [1.807, 2.05) is 12.1 Å². The third-order valence-electron chi connectivity index (χ3n) is 4.83. The molecule has 0 aromatic heterocycles. The molecule has 2 unspecified atom stereocenters. The molecule has 1 aromatic rings. The van der Waals surface area contributed by atoms with Gasteiger partial charge in [0, 0.05) is 5.41 Å². The summed E-state index contributed by atoms with van der Waals surface area (Å²) in [5.41, 5.74) is 5.02. The van der Waals surface area contributed by atoms with Crippen LogP contribution >= 0.6 is 0 Å². The lowest BCUT2D eigenvalue weighted by atomic mass is 9.46. The van der Waals surface area contributed by atoms with Gasteiger partial charge in [-0.2, -0.15) is 0 Å². The summed E-state index contributed by atoms with van der Waals surface area (Å²) in [7, 11) is 0. The minimum Gasteiger partial charge on any atom is -0.508 e. The highest BCUT2D eigenvalue weighted by Crippen LogP contribution is 2.62. The van der Waals surface area contributed by atoms with Crippen LogP contribution in [0.5, 0.6) is 5.75 Å². The molecule has 4 aliphatic carbocycles. The molecule has 1 saturated carbocycles. The van der Waals surface area contributed by atoms with Crippen LogP contribution in [0.3, 0.4) is 0 Å². The molecule has 1 aromatic carbocycles. The summed E-state index contributed by atoms with van der Waals surface area (Å²) >= 11 is 0. The molecule has 0 heterocycles. The average molecular weight is 212 g/mol. The van der Waals surface area contributed by atoms with Crippen molar-refractivity contribution in [2.24, 2.45) is 5.92 Å². The number of phenols is 1. The summed E-state index contributed by atoms with van der Waals surface area (Å²) < 4.78 is 0. The van der Waals surface area contributed by atoms with E-state index in [0.717, 1.165) is 12.3 Å². The fourth-order valence-electron chi connectivity index (χ4n) is 4.24. The maximum absolute atomic E-state index is 9.57. The SMILES string of the molecule is Oc1ccc2c(c1)CC1CC23CCCC=C13. The Morgan fingerprint density at radius 2 is 2.25 bits per heavy atom. The molecule has 0 radical (unpaired) electrons. The quantitative estimate of drug-likeness (QED) is 0.654. The topological polar surface area (TPSA) is 20.2 Å². The number of benzene rings is 1. The van der Waals surface area contributed by atoms with Crippen LogP contribution in [0.1, 0.15) is 36.8 Å². The molecule has 1 spiro atoms. The first-order chi connectivity index (χ1) is 7.79. The normalized spacial score (nSPS) is 34.5. The third kappa shape index (κ3) is 0.881. The van der Waals surface area contributed by atoms with E-state index in [-0.39, 0.29) is 0 Å². The van der Waals surface area contributed by atoms with Gasteiger partial charge in [0.05, 0.1) is 0 Å². The van der Waals surface area contributed by atoms with E-state index < -0.39 is 0 Å². The molecule has 82 valence electrons. The van der Waals surface area contributed by atoms with E-state index in [4.69, 9.17) is 0 Å². The highest BCUT2D eigenvalue weighted by molar-refractivity contribution is 5.55. The molecular formula is C15H16O. The van der Waals surface area contributed by atoms with Crippen molar-refractivity contribution in [3.8, 4) is 5.75 Å². The van der Waals surface area contributed by atoms with Crippen LogP contribution in [0.15, 0.2) is 29.8 Å². The van der Waals surface area contributed by atoms with Crippen molar-refractivity contribution in [1.29, 1.82) is 0 Å². The molecule has 2 atom stereocenters. The van der Waals surface area contributed by atoms with Crippen molar-refractivity contribution in [2.45, 2.75) is 37.5 Å². The lowest BCUT2D eigenvalue weighted by Crippen LogP contribution is -2.50. The fourth-order valence-corrected chi connectivity index (χ4v) is 4.24. The van der Waals surface area contributed by atoms with Gasteiger partial charge in [0.1, 0.15) is 5.75 Å². The number of aromatic hydroxyl groups is 1. The molecule has 2 bridgehead atoms. The van der Waals surface area contributed by atoms with Crippen molar-refractivity contribution >= 4 is 0 Å². The highest BCUT2D eigenvalue weighted by Gasteiger charge is 2.54. The number of hydrogen-bond donors (Lipinski definition) is 1. The molecule has 0 amide bonds. The first-order valence-corrected chi connectivity index (χ1v) is 6.32. The van der Waals surface area contributed by atoms with E-state index >= 15 is 0 Å². The Bertz CT molecular complexity index is 500. The Hall–Kier alpha value is -1.24. The van der Waals surface area contributed by atoms with Gasteiger partial charge in [0.25, 0.3) is 0 Å². The number of hydrogen-bond acceptors (Lipinski definition) is 1. The Labute approximate surface area is 95.8 Å². The van der Waals surface area contributed by atoms with Gasteiger partial charge in [-0.15, -0.1) is 0 Å². The van der Waals surface area contributed by atoms with Crippen LogP contribution in [-0.4, -0.2) is 5.11 Å². The van der Waals surface area contributed by atoms with Crippen molar-refractivity contribution in [3.63, 3.8) is 0 Å². The van der Waals surface area contributed by atoms with Crippen LogP contribution in [0.4, 0.5) is 0 Å². The van der Waals surface area contributed by atoms with Crippen molar-refractivity contribution in [3.05, 3.63) is 41.0 Å². The molecule has 16 heavy (non-hydrogen) atoms. The Morgan fingerprint density at radius 1 is 1.31 bits per heavy atom. The minimum atomic E-state index is 0.393. The predicted octanol–water partition coefficient (Wildman–Crippen LogP) is 3.32. The number of allylic oxidation sites excluding steroid dienone is 2. The summed E-state index contributed by atoms with van der Waals surface area (Å²) in [6.45, 7) is 0. The van der Waals surface area contributed by atoms with Gasteiger partial charge in [-0.25, -0.2) is 0 Å². The summed E-state index contributed by atoms with van der Waals surface area (Å²) in [6, 6.07) is 6.01. The van der Waals surface area contributed by atoms with E-state index in [2.05, 4.69) is 12.1 Å². The van der Waals surface area contributed by atoms with Gasteiger partial charge < -0.3 is 5.11 Å². The maximum Gasteiger partial charge on any atom is 0.115 e. The first kappa shape index (κ1) is 8.86. The second-order valence-electron chi connectivity index (χ2n) is 5.58. The zero-order chi connectivity index (χ0) is 10.8. The van der Waals surface area contributed by atoms with Crippen LogP contribution in [-0.2, 0) is 11.8 Å². The standard InChI is InChI=1S/C15H16O/c16-12-4-5-14-10(8-12)7-11-9-15(14)6-2-1-3-13(11)15/h3-5,8,11,16H,1-2,6-7,9H2. The van der Waals surface area contributed by atoms with E-state index in [1.165, 1.54) is 36.8 Å². The van der Waals surface area contributed by atoms with Gasteiger partial charge in [-0.3, -0.25) is 0 Å². The smallest absolute Gasteiger partial charge is 0.115 e. The van der Waals surface area contributed by atoms with E-state index in [1.54, 1.807) is 5.57 Å². The predicted molar refractivity (Wildman–Crippen MR) is 63.5 cm³/mol. The van der Waals surface area contributed by atoms with Gasteiger partial charge in [0.15, 0.2) is 0 Å². The summed E-state index contributed by atoms with van der Waals surface area (Å²) in [6.07, 6.45) is 8.94. The van der Waals surface area contributed by atoms with Crippen molar-refractivity contribution < 1.29 is 5.11 Å². The van der Waals surface area contributed by atoms with Gasteiger partial charge in [-0.05, 0) is 61.3 Å². The summed E-state index contributed by atoms with van der Waals surface area (Å²) in [4.78, 5) is 0. The maximum atomic E-state index is 9.57. The zero-order valence-corrected chi connectivity index (χ0v) is 9.37. The lowest BCUT2D eigenvalue weighted by molar-refractivity contribution is 0.198. The van der Waals surface area contributed by atoms with E-state index in [0.29, 0.717) is 11.2 Å². The van der Waals surface area contributed by atoms with Crippen molar-refractivity contribution in [1.82, 2.24) is 0 Å². The Balaban J connectivity index is 1.94. The van der Waals surface area contributed by atoms with Crippen LogP contribution in [0, 0.1) is 5.92 Å². The van der Waals surface area contributed by atoms with Gasteiger partial charge >= 0.3 is 0 Å². The van der Waals surface area contributed by atoms with Gasteiger partial charge in [0.2, 0.25) is 0 Å². The third-order valence-corrected chi connectivity index (χ3v) is 4.83. The Kier molecular flexibility index (Phi) is 1.50. The van der Waals surface area contributed by atoms with Crippen LogP contribution in [0.25, 0.3) is 0 Å². The molecule has 1 nitrogen and oxygen atoms in total. The Morgan fingerprint density at radius 3 is 3.19 bits per heavy atom. The monoisotopic (exact) mass is 212 g/mol. The summed E-state index contributed by atoms with van der Waals surface area (Å²) in [5, 5.41) is 9.57. The molecule has 5 rings (SSSR count). The molecule has 1 N–H and O–H groups in total. The second-order valence-corrected chi connectivity index (χ2v) is 5.58. The zero-order valence-electron chi connectivity index (χ0n) is 9.37. The molecule has 1 heteroatoms.